The number of unbranched alkanes of at least 4 members (excludes halogenated alkanes) is 7. The summed E-state index contributed by atoms with van der Waals surface area (Å²) in [4.78, 5) is 0. The molecule has 0 amide bonds. The van der Waals surface area contributed by atoms with Gasteiger partial charge < -0.3 is 0 Å². The van der Waals surface area contributed by atoms with Crippen LogP contribution in [-0.2, 0) is 10.0 Å². The lowest BCUT2D eigenvalue weighted by Gasteiger charge is -2.07. The second-order valence-corrected chi connectivity index (χ2v) is 6.68. The van der Waals surface area contributed by atoms with Crippen molar-refractivity contribution in [2.45, 2.75) is 63.5 Å². The van der Waals surface area contributed by atoms with E-state index in [1.54, 1.807) is 6.07 Å². The Kier molecular flexibility index (Phi) is 10.1. The molecule has 0 spiro atoms. The van der Waals surface area contributed by atoms with Gasteiger partial charge in [0.05, 0.1) is 12.1 Å². The maximum Gasteiger partial charge on any atom is 0.227 e. The smallest absolute Gasteiger partial charge is 0.214 e. The normalized spacial score (nSPS) is 12.6. The zero-order valence-corrected chi connectivity index (χ0v) is 12.4. The molecule has 0 rings (SSSR count). The van der Waals surface area contributed by atoms with Gasteiger partial charge in [-0.25, -0.2) is 13.1 Å². The molecule has 0 aliphatic heterocycles. The van der Waals surface area contributed by atoms with Crippen LogP contribution >= 0.6 is 0 Å². The Morgan fingerprint density at radius 2 is 1.53 bits per heavy atom. The summed E-state index contributed by atoms with van der Waals surface area (Å²) in [6.45, 7) is 1.78. The minimum absolute atomic E-state index is 0.406. The van der Waals surface area contributed by atoms with Crippen molar-refractivity contribution in [2.24, 2.45) is 0 Å². The molecule has 0 aromatic rings. The lowest BCUT2D eigenvalue weighted by atomic mass is 10.1. The van der Waals surface area contributed by atoms with Crippen LogP contribution in [0.15, 0.2) is 0 Å². The number of nitrogens with zero attached hydrogens (tertiary/aromatic N) is 2. The first-order chi connectivity index (χ1) is 9.04. The van der Waals surface area contributed by atoms with Gasteiger partial charge >= 0.3 is 0 Å². The van der Waals surface area contributed by atoms with Crippen LogP contribution in [-0.4, -0.2) is 20.2 Å². The Hall–Kier alpha value is -1.11. The Balaban J connectivity index is 3.42. The predicted molar refractivity (Wildman–Crippen MR) is 74.5 cm³/mol. The number of sulfonamides is 1. The molecule has 0 fully saturated rings. The van der Waals surface area contributed by atoms with Crippen LogP contribution in [0, 0.1) is 22.7 Å². The molecule has 6 heteroatoms. The highest BCUT2D eigenvalue weighted by atomic mass is 32.2. The van der Waals surface area contributed by atoms with Crippen LogP contribution in [0.5, 0.6) is 0 Å². The fourth-order valence-corrected chi connectivity index (χ4v) is 2.44. The molecule has 0 aromatic heterocycles. The first kappa shape index (κ1) is 17.9. The lowest BCUT2D eigenvalue weighted by molar-refractivity contribution is 0.559. The average molecular weight is 285 g/mol. The van der Waals surface area contributed by atoms with Crippen LogP contribution in [0.3, 0.4) is 0 Å². The summed E-state index contributed by atoms with van der Waals surface area (Å²) in [7, 11) is -3.46. The molecule has 0 saturated heterocycles. The van der Waals surface area contributed by atoms with Crippen LogP contribution in [0.2, 0.25) is 0 Å². The average Bonchev–Trinajstić information content (AvgIpc) is 2.39. The Morgan fingerprint density at radius 3 is 2.05 bits per heavy atom. The molecule has 0 aliphatic carbocycles. The molecule has 0 radical (unpaired) electrons. The van der Waals surface area contributed by atoms with E-state index in [0.717, 1.165) is 44.9 Å². The van der Waals surface area contributed by atoms with Gasteiger partial charge in [0.1, 0.15) is 0 Å². The Labute approximate surface area is 116 Å². The molecule has 19 heavy (non-hydrogen) atoms. The molecule has 1 atom stereocenters. The summed E-state index contributed by atoms with van der Waals surface area (Å²) in [5.41, 5.74) is 0. The van der Waals surface area contributed by atoms with Gasteiger partial charge in [-0.2, -0.15) is 10.5 Å². The number of hydrogen-bond donors (Lipinski definition) is 1. The minimum atomic E-state index is -3.46. The van der Waals surface area contributed by atoms with Gasteiger partial charge in [-0.15, -0.1) is 0 Å². The van der Waals surface area contributed by atoms with E-state index in [9.17, 15) is 8.42 Å². The van der Waals surface area contributed by atoms with E-state index in [1.807, 2.05) is 0 Å². The van der Waals surface area contributed by atoms with E-state index in [4.69, 9.17) is 10.5 Å². The van der Waals surface area contributed by atoms with Crippen molar-refractivity contribution in [1.82, 2.24) is 4.72 Å². The molecular weight excluding hydrogens is 262 g/mol. The van der Waals surface area contributed by atoms with E-state index in [0.29, 0.717) is 13.0 Å². The minimum Gasteiger partial charge on any atom is -0.214 e. The lowest BCUT2D eigenvalue weighted by Crippen LogP contribution is -2.32. The van der Waals surface area contributed by atoms with Crippen LogP contribution in [0.25, 0.3) is 0 Å². The quantitative estimate of drug-likeness (QED) is 0.590. The molecule has 0 saturated carbocycles. The van der Waals surface area contributed by atoms with Gasteiger partial charge in [0.15, 0.2) is 5.25 Å². The van der Waals surface area contributed by atoms with E-state index >= 15 is 0 Å². The molecule has 1 N–H and O–H groups in total. The number of nitrogens with one attached hydrogen (secondary N) is 1. The second-order valence-electron chi connectivity index (χ2n) is 4.59. The van der Waals surface area contributed by atoms with E-state index in [2.05, 4.69) is 10.8 Å². The summed E-state index contributed by atoms with van der Waals surface area (Å²) in [6.07, 6.45) is 7.85. The molecule has 0 aromatic carbocycles. The number of nitriles is 2. The van der Waals surface area contributed by atoms with Crippen molar-refractivity contribution < 1.29 is 8.42 Å². The zero-order chi connectivity index (χ0) is 14.6. The maximum absolute atomic E-state index is 11.4. The fraction of sp³-hybridized carbons (Fsp3) is 0.846. The molecule has 0 heterocycles. The van der Waals surface area contributed by atoms with E-state index in [1.165, 1.54) is 6.92 Å². The van der Waals surface area contributed by atoms with Crippen molar-refractivity contribution in [3.63, 3.8) is 0 Å². The number of hydrogen-bond acceptors (Lipinski definition) is 4. The summed E-state index contributed by atoms with van der Waals surface area (Å²) in [5, 5.41) is 15.9. The van der Waals surface area contributed by atoms with Gasteiger partial charge in [-0.3, -0.25) is 0 Å². The monoisotopic (exact) mass is 285 g/mol. The topological polar surface area (TPSA) is 93.8 Å². The highest BCUT2D eigenvalue weighted by Crippen LogP contribution is 2.08. The molecular formula is C13H23N3O2S. The van der Waals surface area contributed by atoms with Gasteiger partial charge in [0, 0.05) is 13.0 Å². The second kappa shape index (κ2) is 10.8. The SMILES string of the molecule is CC(C#N)S(=O)(=O)NCCCCCCCCCC#N. The molecule has 0 aliphatic rings. The molecule has 5 nitrogen and oxygen atoms in total. The van der Waals surface area contributed by atoms with Gasteiger partial charge in [-0.05, 0) is 19.8 Å². The Morgan fingerprint density at radius 1 is 1.00 bits per heavy atom. The summed E-state index contributed by atoms with van der Waals surface area (Å²) in [6, 6.07) is 3.84. The summed E-state index contributed by atoms with van der Waals surface area (Å²) < 4.78 is 25.3. The standard InChI is InChI=1S/C13H23N3O2S/c1-13(12-15)19(17,18)16-11-9-7-5-3-2-4-6-8-10-14/h13,16H,2-9,11H2,1H3. The van der Waals surface area contributed by atoms with Crippen LogP contribution in [0.1, 0.15) is 58.3 Å². The number of rotatable bonds is 11. The van der Waals surface area contributed by atoms with Crippen LogP contribution < -0.4 is 4.72 Å². The molecule has 0 bridgehead atoms. The van der Waals surface area contributed by atoms with Crippen molar-refractivity contribution in [3.05, 3.63) is 0 Å². The predicted octanol–water partition coefficient (Wildman–Crippen LogP) is 2.46. The molecule has 108 valence electrons. The first-order valence-corrected chi connectivity index (χ1v) is 8.34. The van der Waals surface area contributed by atoms with Crippen molar-refractivity contribution >= 4 is 10.0 Å². The Bertz CT molecular complexity index is 407. The maximum atomic E-state index is 11.4. The van der Waals surface area contributed by atoms with Crippen molar-refractivity contribution in [3.8, 4) is 12.1 Å². The third-order valence-electron chi connectivity index (χ3n) is 2.92. The fourth-order valence-electron chi connectivity index (χ4n) is 1.62. The highest BCUT2D eigenvalue weighted by Gasteiger charge is 2.18. The highest BCUT2D eigenvalue weighted by molar-refractivity contribution is 7.90. The van der Waals surface area contributed by atoms with E-state index < -0.39 is 15.3 Å². The first-order valence-electron chi connectivity index (χ1n) is 6.79. The van der Waals surface area contributed by atoms with Gasteiger partial charge in [0.2, 0.25) is 10.0 Å². The zero-order valence-electron chi connectivity index (χ0n) is 11.6. The van der Waals surface area contributed by atoms with Gasteiger partial charge in [-0.1, -0.05) is 32.1 Å². The third kappa shape index (κ3) is 9.47. The van der Waals surface area contributed by atoms with Gasteiger partial charge in [0.25, 0.3) is 0 Å². The van der Waals surface area contributed by atoms with Crippen LogP contribution in [0.4, 0.5) is 0 Å². The molecule has 1 unspecified atom stereocenters. The van der Waals surface area contributed by atoms with Crippen molar-refractivity contribution in [2.75, 3.05) is 6.54 Å². The van der Waals surface area contributed by atoms with Crippen molar-refractivity contribution in [1.29, 1.82) is 10.5 Å². The van der Waals surface area contributed by atoms with E-state index in [-0.39, 0.29) is 0 Å². The third-order valence-corrected chi connectivity index (χ3v) is 4.56. The summed E-state index contributed by atoms with van der Waals surface area (Å²) in [5.74, 6) is 0. The summed E-state index contributed by atoms with van der Waals surface area (Å²) >= 11 is 0. The largest absolute Gasteiger partial charge is 0.227 e.